The van der Waals surface area contributed by atoms with Crippen LogP contribution in [-0.2, 0) is 9.53 Å². The van der Waals surface area contributed by atoms with Crippen molar-refractivity contribution in [2.75, 3.05) is 6.61 Å². The molecule has 0 aromatic heterocycles. The lowest BCUT2D eigenvalue weighted by Gasteiger charge is -2.10. The highest BCUT2D eigenvalue weighted by atomic mass is 16.5. The lowest BCUT2D eigenvalue weighted by atomic mass is 10.1. The fraction of sp³-hybridized carbons (Fsp3) is 0.500. The van der Waals surface area contributed by atoms with Crippen molar-refractivity contribution in [3.8, 4) is 0 Å². The van der Waals surface area contributed by atoms with Crippen LogP contribution in [0.5, 0.6) is 0 Å². The van der Waals surface area contributed by atoms with Gasteiger partial charge in [0.25, 0.3) is 0 Å². The van der Waals surface area contributed by atoms with Crippen molar-refractivity contribution in [3.63, 3.8) is 0 Å². The first-order valence-electron chi connectivity index (χ1n) is 2.64. The van der Waals surface area contributed by atoms with Crippen LogP contribution >= 0.6 is 0 Å². The normalized spacial score (nSPS) is 27.6. The van der Waals surface area contributed by atoms with Crippen molar-refractivity contribution < 1.29 is 9.53 Å². The van der Waals surface area contributed by atoms with Crippen molar-refractivity contribution in [2.45, 2.75) is 6.92 Å². The van der Waals surface area contributed by atoms with Crippen LogP contribution < -0.4 is 0 Å². The van der Waals surface area contributed by atoms with Gasteiger partial charge in [0, 0.05) is 12.0 Å². The van der Waals surface area contributed by atoms with Gasteiger partial charge in [-0.2, -0.15) is 0 Å². The molecule has 1 aliphatic heterocycles. The van der Waals surface area contributed by atoms with E-state index in [0.717, 1.165) is 0 Å². The van der Waals surface area contributed by atoms with Gasteiger partial charge in [0.2, 0.25) is 0 Å². The van der Waals surface area contributed by atoms with Gasteiger partial charge in [0.1, 0.15) is 0 Å². The quantitative estimate of drug-likeness (QED) is 0.432. The van der Waals surface area contributed by atoms with Crippen molar-refractivity contribution in [1.29, 1.82) is 0 Å². The fourth-order valence-electron chi connectivity index (χ4n) is 0.560. The third-order valence-corrected chi connectivity index (χ3v) is 1.05. The zero-order chi connectivity index (χ0) is 5.98. The van der Waals surface area contributed by atoms with Crippen LogP contribution in [0.3, 0.4) is 0 Å². The Kier molecular flexibility index (Phi) is 1.33. The molecular weight excluding hydrogens is 104 g/mol. The van der Waals surface area contributed by atoms with Crippen LogP contribution in [0.15, 0.2) is 12.2 Å². The average molecular weight is 112 g/mol. The van der Waals surface area contributed by atoms with E-state index in [1.807, 2.05) is 13.0 Å². The summed E-state index contributed by atoms with van der Waals surface area (Å²) in [6.07, 6.45) is 3.32. The van der Waals surface area contributed by atoms with E-state index in [9.17, 15) is 4.79 Å². The number of carbonyl (C=O) groups is 1. The molecule has 0 saturated heterocycles. The highest BCUT2D eigenvalue weighted by Crippen LogP contribution is 2.03. The summed E-state index contributed by atoms with van der Waals surface area (Å²) in [6, 6.07) is 0. The summed E-state index contributed by atoms with van der Waals surface area (Å²) in [5.74, 6) is 0.177. The summed E-state index contributed by atoms with van der Waals surface area (Å²) < 4.78 is 4.66. The molecule has 0 amide bonds. The van der Waals surface area contributed by atoms with Gasteiger partial charge < -0.3 is 4.74 Å². The van der Waals surface area contributed by atoms with Crippen LogP contribution in [0.2, 0.25) is 0 Å². The molecule has 0 spiro atoms. The molecule has 0 saturated carbocycles. The predicted octanol–water partition coefficient (Wildman–Crippen LogP) is 0.736. The molecule has 0 unspecified atom stereocenters. The maximum Gasteiger partial charge on any atom is 0.330 e. The third kappa shape index (κ3) is 1.09. The molecule has 1 atom stereocenters. The van der Waals surface area contributed by atoms with Crippen LogP contribution in [-0.4, -0.2) is 12.6 Å². The smallest absolute Gasteiger partial charge is 0.330 e. The minimum Gasteiger partial charge on any atom is -0.462 e. The largest absolute Gasteiger partial charge is 0.462 e. The Balaban J connectivity index is 2.55. The van der Waals surface area contributed by atoms with Gasteiger partial charge in [0.15, 0.2) is 0 Å². The van der Waals surface area contributed by atoms with Crippen LogP contribution in [0.1, 0.15) is 6.92 Å². The lowest BCUT2D eigenvalue weighted by Crippen LogP contribution is -2.13. The zero-order valence-corrected chi connectivity index (χ0v) is 4.76. The maximum absolute atomic E-state index is 10.3. The molecule has 0 aromatic carbocycles. The molecule has 1 aliphatic rings. The SMILES string of the molecule is C[C@@H]1C=CC(=O)OC1. The van der Waals surface area contributed by atoms with E-state index in [-0.39, 0.29) is 5.97 Å². The van der Waals surface area contributed by atoms with Crippen molar-refractivity contribution in [2.24, 2.45) is 5.92 Å². The summed E-state index contributed by atoms with van der Waals surface area (Å²) >= 11 is 0. The monoisotopic (exact) mass is 112 g/mol. The number of cyclic esters (lactones) is 1. The first-order chi connectivity index (χ1) is 3.79. The van der Waals surface area contributed by atoms with Gasteiger partial charge in [-0.3, -0.25) is 0 Å². The molecule has 0 radical (unpaired) electrons. The molecule has 1 rings (SSSR count). The van der Waals surface area contributed by atoms with Crippen molar-refractivity contribution >= 4 is 5.97 Å². The second-order valence-corrected chi connectivity index (χ2v) is 1.97. The van der Waals surface area contributed by atoms with E-state index in [1.54, 1.807) is 0 Å². The van der Waals surface area contributed by atoms with E-state index < -0.39 is 0 Å². The van der Waals surface area contributed by atoms with Crippen LogP contribution in [0.25, 0.3) is 0 Å². The summed E-state index contributed by atoms with van der Waals surface area (Å²) in [4.78, 5) is 10.3. The molecule has 0 bridgehead atoms. The first kappa shape index (κ1) is 5.35. The molecule has 44 valence electrons. The Morgan fingerprint density at radius 2 is 2.62 bits per heavy atom. The van der Waals surface area contributed by atoms with E-state index in [1.165, 1.54) is 6.08 Å². The van der Waals surface area contributed by atoms with E-state index >= 15 is 0 Å². The molecule has 1 heterocycles. The Morgan fingerprint density at radius 3 is 3.00 bits per heavy atom. The molecule has 0 fully saturated rings. The molecule has 0 N–H and O–H groups in total. The Hall–Kier alpha value is -0.790. The molecule has 2 nitrogen and oxygen atoms in total. The highest BCUT2D eigenvalue weighted by Gasteiger charge is 2.06. The molecular formula is C6H8O2. The van der Waals surface area contributed by atoms with Crippen molar-refractivity contribution in [1.82, 2.24) is 0 Å². The zero-order valence-electron chi connectivity index (χ0n) is 4.76. The number of hydrogen-bond acceptors (Lipinski definition) is 2. The lowest BCUT2D eigenvalue weighted by molar-refractivity contribution is -0.139. The summed E-state index contributed by atoms with van der Waals surface area (Å²) in [6.45, 7) is 2.54. The van der Waals surface area contributed by atoms with Gasteiger partial charge in [-0.05, 0) is 0 Å². The van der Waals surface area contributed by atoms with E-state index in [2.05, 4.69) is 4.74 Å². The summed E-state index contributed by atoms with van der Waals surface area (Å²) in [5, 5.41) is 0. The van der Waals surface area contributed by atoms with Gasteiger partial charge in [-0.25, -0.2) is 4.79 Å². The second-order valence-electron chi connectivity index (χ2n) is 1.97. The average Bonchev–Trinajstić information content (AvgIpc) is 1.77. The predicted molar refractivity (Wildman–Crippen MR) is 29.3 cm³/mol. The maximum atomic E-state index is 10.3. The van der Waals surface area contributed by atoms with Gasteiger partial charge in [0.05, 0.1) is 6.61 Å². The topological polar surface area (TPSA) is 26.3 Å². The highest BCUT2D eigenvalue weighted by molar-refractivity contribution is 5.82. The van der Waals surface area contributed by atoms with E-state index in [0.29, 0.717) is 12.5 Å². The van der Waals surface area contributed by atoms with Gasteiger partial charge in [-0.15, -0.1) is 0 Å². The van der Waals surface area contributed by atoms with Gasteiger partial charge in [-0.1, -0.05) is 13.0 Å². The summed E-state index contributed by atoms with van der Waals surface area (Å²) in [5.41, 5.74) is 0. The minimum absolute atomic E-state index is 0.219. The number of ether oxygens (including phenoxy) is 1. The number of carbonyl (C=O) groups excluding carboxylic acids is 1. The first-order valence-corrected chi connectivity index (χ1v) is 2.64. The van der Waals surface area contributed by atoms with Crippen molar-refractivity contribution in [3.05, 3.63) is 12.2 Å². The molecule has 2 heteroatoms. The molecule has 0 aliphatic carbocycles. The van der Waals surface area contributed by atoms with E-state index in [4.69, 9.17) is 0 Å². The number of esters is 1. The van der Waals surface area contributed by atoms with Crippen LogP contribution in [0, 0.1) is 5.92 Å². The Bertz CT molecular complexity index is 126. The molecule has 0 aromatic rings. The minimum atomic E-state index is -0.219. The fourth-order valence-corrected chi connectivity index (χ4v) is 0.560. The van der Waals surface area contributed by atoms with Gasteiger partial charge >= 0.3 is 5.97 Å². The summed E-state index contributed by atoms with van der Waals surface area (Å²) in [7, 11) is 0. The Labute approximate surface area is 48.1 Å². The standard InChI is InChI=1S/C6H8O2/c1-5-2-3-6(7)8-4-5/h2-3,5H,4H2,1H3/t5-/m1/s1. The van der Waals surface area contributed by atoms with Crippen LogP contribution in [0.4, 0.5) is 0 Å². The number of rotatable bonds is 0. The molecule has 8 heavy (non-hydrogen) atoms. The second kappa shape index (κ2) is 1.99. The Morgan fingerprint density at radius 1 is 1.88 bits per heavy atom. The third-order valence-electron chi connectivity index (χ3n) is 1.05. The number of hydrogen-bond donors (Lipinski definition) is 0.